The van der Waals surface area contributed by atoms with Gasteiger partial charge in [-0.05, 0) is 42.0 Å². The van der Waals surface area contributed by atoms with Crippen LogP contribution in [0.4, 0.5) is 17.1 Å². The van der Waals surface area contributed by atoms with Gasteiger partial charge in [-0.2, -0.15) is 4.57 Å². The van der Waals surface area contributed by atoms with Crippen LogP contribution in [0.1, 0.15) is 23.4 Å². The maximum Gasteiger partial charge on any atom is 0.262 e. The van der Waals surface area contributed by atoms with Crippen molar-refractivity contribution in [3.63, 3.8) is 0 Å². The lowest BCUT2D eigenvalue weighted by molar-refractivity contribution is -0.669. The van der Waals surface area contributed by atoms with Crippen LogP contribution in [-0.4, -0.2) is 48.8 Å². The Morgan fingerprint density at radius 2 is 1.32 bits per heavy atom. The fourth-order valence-corrected chi connectivity index (χ4v) is 5.61. The van der Waals surface area contributed by atoms with Crippen molar-refractivity contribution in [2.75, 3.05) is 58.6 Å². The van der Waals surface area contributed by atoms with E-state index in [0.717, 1.165) is 24.0 Å². The Morgan fingerprint density at radius 3 is 1.92 bits per heavy atom. The summed E-state index contributed by atoms with van der Waals surface area (Å²) in [7, 11) is 13.0. The monoisotopic (exact) mass is 754 g/mol. The smallest absolute Gasteiger partial charge is 0.262 e. The lowest BCUT2D eigenvalue weighted by atomic mass is 10.2. The van der Waals surface area contributed by atoms with Crippen LogP contribution in [0.5, 0.6) is 0 Å². The number of hydrogen-bond acceptors (Lipinski definition) is 3. The van der Waals surface area contributed by atoms with Crippen LogP contribution in [0.25, 0.3) is 22.4 Å². The van der Waals surface area contributed by atoms with E-state index in [9.17, 15) is 0 Å². The maximum absolute atomic E-state index is 2.50. The third-order valence-electron chi connectivity index (χ3n) is 6.88. The second-order valence-corrected chi connectivity index (χ2v) is 11.5. The van der Waals surface area contributed by atoms with E-state index in [0.29, 0.717) is 0 Å². The van der Waals surface area contributed by atoms with E-state index in [1.54, 1.807) is 0 Å². The summed E-state index contributed by atoms with van der Waals surface area (Å²) in [5.41, 5.74) is 6.38. The number of thiazole rings is 1. The molecule has 4 rings (SSSR count). The third-order valence-corrected chi connectivity index (χ3v) is 8.01. The number of hydrogen-bond donors (Lipinski definition) is 0. The van der Waals surface area contributed by atoms with Crippen molar-refractivity contribution in [2.45, 2.75) is 19.4 Å². The highest BCUT2D eigenvalue weighted by Crippen LogP contribution is 2.25. The number of anilines is 2. The van der Waals surface area contributed by atoms with E-state index >= 15 is 0 Å². The normalized spacial score (nSPS) is 11.3. The summed E-state index contributed by atoms with van der Waals surface area (Å²) in [4.78, 5) is 4.28. The number of quaternary nitrogens is 1. The maximum atomic E-state index is 2.50. The minimum absolute atomic E-state index is 0. The van der Waals surface area contributed by atoms with Crippen LogP contribution in [0.2, 0.25) is 0 Å². The number of unbranched alkanes of at least 4 members (excludes halogenated alkanes) is 1. The first-order valence-corrected chi connectivity index (χ1v) is 13.5. The molecule has 38 heavy (non-hydrogen) atoms. The van der Waals surface area contributed by atoms with Gasteiger partial charge in [0.2, 0.25) is 5.52 Å². The van der Waals surface area contributed by atoms with Crippen LogP contribution in [0, 0.1) is 0 Å². The van der Waals surface area contributed by atoms with Crippen LogP contribution >= 0.6 is 11.3 Å². The molecule has 0 saturated heterocycles. The number of nitrogens with zero attached hydrogens (tertiary/aromatic N) is 4. The zero-order chi connectivity index (χ0) is 25.7. The molecule has 0 amide bonds. The van der Waals surface area contributed by atoms with E-state index in [4.69, 9.17) is 0 Å². The summed E-state index contributed by atoms with van der Waals surface area (Å²) in [5, 5.41) is 1.31. The van der Waals surface area contributed by atoms with Gasteiger partial charge in [0, 0.05) is 76.7 Å². The quantitative estimate of drug-likeness (QED) is 0.102. The molecule has 7 heteroatoms. The largest absolute Gasteiger partial charge is 1.00 e. The number of rotatable bonds is 10. The van der Waals surface area contributed by atoms with Crippen molar-refractivity contribution in [3.8, 4) is 0 Å². The minimum atomic E-state index is 0. The van der Waals surface area contributed by atoms with Crippen molar-refractivity contribution < 1.29 is 52.5 Å². The number of benzene rings is 3. The van der Waals surface area contributed by atoms with Gasteiger partial charge in [0.05, 0.1) is 20.6 Å². The number of halogens is 2. The molecule has 0 bridgehead atoms. The van der Waals surface area contributed by atoms with Gasteiger partial charge in [-0.1, -0.05) is 35.6 Å². The van der Waals surface area contributed by atoms with E-state index in [1.165, 1.54) is 44.3 Å². The molecule has 3 aromatic carbocycles. The van der Waals surface area contributed by atoms with Gasteiger partial charge in [-0.15, -0.1) is 0 Å². The number of para-hydroxylation sites is 1. The molecule has 0 spiro atoms. The average Bonchev–Trinajstić information content (AvgIpc) is 3.23. The van der Waals surface area contributed by atoms with Crippen molar-refractivity contribution in [1.29, 1.82) is 0 Å². The van der Waals surface area contributed by atoms with Gasteiger partial charge in [0.15, 0.2) is 6.54 Å². The van der Waals surface area contributed by atoms with Gasteiger partial charge in [-0.3, -0.25) is 4.48 Å². The zero-order valence-electron chi connectivity index (χ0n) is 23.4. The highest BCUT2D eigenvalue weighted by molar-refractivity contribution is 7.18. The predicted molar refractivity (Wildman–Crippen MR) is 160 cm³/mol. The molecule has 0 radical (unpaired) electrons. The summed E-state index contributed by atoms with van der Waals surface area (Å²) < 4.78 is 4.74. The SMILES string of the molecule is CN(C)c1ccc(/C=C/c2sc3ccccc3[n+]2CCCC[N+](C)(C)c2ccc(N(C)C)cc2)cc1.[I-].[I-]. The Labute approximate surface area is 267 Å². The average molecular weight is 755 g/mol. The van der Waals surface area contributed by atoms with Crippen molar-refractivity contribution in [2.24, 2.45) is 0 Å². The topological polar surface area (TPSA) is 10.4 Å². The summed E-state index contributed by atoms with van der Waals surface area (Å²) in [6, 6.07) is 26.5. The number of aryl methyl sites for hydroxylation is 1. The Kier molecular flexibility index (Phi) is 12.5. The van der Waals surface area contributed by atoms with E-state index < -0.39 is 0 Å². The molecule has 4 nitrogen and oxygen atoms in total. The Morgan fingerprint density at radius 1 is 0.737 bits per heavy atom. The third kappa shape index (κ3) is 8.16. The summed E-state index contributed by atoms with van der Waals surface area (Å²) >= 11 is 1.88. The highest BCUT2D eigenvalue weighted by atomic mass is 127. The number of fused-ring (bicyclic) bond motifs is 1. The van der Waals surface area contributed by atoms with Gasteiger partial charge in [-0.25, -0.2) is 0 Å². The van der Waals surface area contributed by atoms with Crippen LogP contribution in [-0.2, 0) is 6.54 Å². The minimum Gasteiger partial charge on any atom is -1.00 e. The molecular weight excluding hydrogens is 714 g/mol. The van der Waals surface area contributed by atoms with Gasteiger partial charge >= 0.3 is 0 Å². The molecule has 0 unspecified atom stereocenters. The van der Waals surface area contributed by atoms with E-state index in [2.05, 4.69) is 142 Å². The molecule has 1 heterocycles. The van der Waals surface area contributed by atoms with Crippen LogP contribution in [0.3, 0.4) is 0 Å². The fraction of sp³-hybridized carbons (Fsp3) is 0.323. The molecular formula is C31H40I2N4S. The molecule has 1 aromatic heterocycles. The van der Waals surface area contributed by atoms with Crippen molar-refractivity contribution in [3.05, 3.63) is 83.4 Å². The predicted octanol–water partition coefficient (Wildman–Crippen LogP) is 0.547. The Hall–Kier alpha value is -1.69. The first-order chi connectivity index (χ1) is 17.2. The molecule has 0 fully saturated rings. The fourth-order valence-electron chi connectivity index (χ4n) is 4.52. The van der Waals surface area contributed by atoms with E-state index in [1.807, 2.05) is 11.3 Å². The molecule has 204 valence electrons. The molecule has 0 aliphatic rings. The van der Waals surface area contributed by atoms with E-state index in [-0.39, 0.29) is 48.0 Å². The molecule has 4 aromatic rings. The highest BCUT2D eigenvalue weighted by Gasteiger charge is 2.21. The lowest BCUT2D eigenvalue weighted by Gasteiger charge is -2.29. The second kappa shape index (κ2) is 14.6. The molecule has 0 aliphatic carbocycles. The van der Waals surface area contributed by atoms with Crippen molar-refractivity contribution >= 4 is 50.8 Å². The molecule has 0 aliphatic heterocycles. The number of aromatic nitrogens is 1. The summed E-state index contributed by atoms with van der Waals surface area (Å²) in [6.07, 6.45) is 6.84. The van der Waals surface area contributed by atoms with Crippen LogP contribution < -0.4 is 66.8 Å². The molecule has 0 saturated carbocycles. The second-order valence-electron chi connectivity index (χ2n) is 10.4. The standard InChI is InChI=1S/C31H40N4S.2HI/c1-32(2)26-16-13-25(14-17-26)15-22-31-34(29-11-7-8-12-30(29)36-31)23-9-10-24-35(5,6)28-20-18-27(19-21-28)33(3)4;;/h7-8,11-22H,9-10,23-24H2,1-6H3;2*1H/q+2;;/p-2. The summed E-state index contributed by atoms with van der Waals surface area (Å²) in [5.74, 6) is 0. The zero-order valence-corrected chi connectivity index (χ0v) is 28.5. The van der Waals surface area contributed by atoms with Gasteiger partial charge in [0.25, 0.3) is 5.01 Å². The Bertz CT molecular complexity index is 1310. The van der Waals surface area contributed by atoms with Crippen molar-refractivity contribution in [1.82, 2.24) is 4.48 Å². The lowest BCUT2D eigenvalue weighted by Crippen LogP contribution is -3.00. The Balaban J connectivity index is 0.00000253. The van der Waals surface area contributed by atoms with Gasteiger partial charge in [0.1, 0.15) is 10.4 Å². The molecule has 0 atom stereocenters. The van der Waals surface area contributed by atoms with Gasteiger partial charge < -0.3 is 57.8 Å². The first kappa shape index (κ1) is 32.5. The summed E-state index contributed by atoms with van der Waals surface area (Å²) in [6.45, 7) is 2.15. The molecule has 0 N–H and O–H groups in total. The first-order valence-electron chi connectivity index (χ1n) is 12.7. The van der Waals surface area contributed by atoms with Crippen LogP contribution in [0.15, 0.2) is 72.8 Å².